The van der Waals surface area contributed by atoms with Crippen molar-refractivity contribution in [3.05, 3.63) is 102 Å². The number of nitrogens with zero attached hydrogens (tertiary/aromatic N) is 1. The SMILES string of the molecule is O=C(NC[C@H](c1ccccc1)c1c[nH]c2ccccc12)c1ccncc1. The molecule has 2 aromatic carbocycles. The maximum atomic E-state index is 12.5. The zero-order valence-corrected chi connectivity index (χ0v) is 14.2. The molecule has 4 rings (SSSR count). The Morgan fingerprint density at radius 1 is 0.962 bits per heavy atom. The van der Waals surface area contributed by atoms with Crippen molar-refractivity contribution >= 4 is 16.8 Å². The summed E-state index contributed by atoms with van der Waals surface area (Å²) in [7, 11) is 0. The van der Waals surface area contributed by atoms with Crippen LogP contribution in [0.3, 0.4) is 0 Å². The van der Waals surface area contributed by atoms with Crippen LogP contribution < -0.4 is 5.32 Å². The lowest BCUT2D eigenvalue weighted by molar-refractivity contribution is 0.0952. The largest absolute Gasteiger partial charge is 0.361 e. The first-order valence-corrected chi connectivity index (χ1v) is 8.62. The van der Waals surface area contributed by atoms with Gasteiger partial charge in [-0.25, -0.2) is 0 Å². The van der Waals surface area contributed by atoms with Gasteiger partial charge in [0.25, 0.3) is 5.91 Å². The number of carbonyl (C=O) groups is 1. The van der Waals surface area contributed by atoms with Crippen molar-refractivity contribution in [1.82, 2.24) is 15.3 Å². The first-order valence-electron chi connectivity index (χ1n) is 8.62. The van der Waals surface area contributed by atoms with E-state index in [1.165, 1.54) is 16.5 Å². The molecule has 4 heteroatoms. The predicted octanol–water partition coefficient (Wildman–Crippen LogP) is 4.12. The molecule has 1 amide bonds. The molecule has 0 aliphatic rings. The molecule has 2 heterocycles. The van der Waals surface area contributed by atoms with E-state index < -0.39 is 0 Å². The minimum atomic E-state index is -0.0897. The Morgan fingerprint density at radius 3 is 2.50 bits per heavy atom. The normalized spacial score (nSPS) is 12.0. The molecule has 4 aromatic rings. The maximum Gasteiger partial charge on any atom is 0.251 e. The summed E-state index contributed by atoms with van der Waals surface area (Å²) in [6, 6.07) is 21.9. The summed E-state index contributed by atoms with van der Waals surface area (Å²) in [6.07, 6.45) is 5.30. The first-order chi connectivity index (χ1) is 12.8. The van der Waals surface area contributed by atoms with Crippen LogP contribution >= 0.6 is 0 Å². The number of rotatable bonds is 5. The van der Waals surface area contributed by atoms with E-state index in [-0.39, 0.29) is 11.8 Å². The third-order valence-corrected chi connectivity index (χ3v) is 4.61. The summed E-state index contributed by atoms with van der Waals surface area (Å²) >= 11 is 0. The lowest BCUT2D eigenvalue weighted by Gasteiger charge is -2.18. The number of H-pyrrole nitrogens is 1. The molecule has 2 aromatic heterocycles. The average Bonchev–Trinajstić information content (AvgIpc) is 3.14. The van der Waals surface area contributed by atoms with Crippen LogP contribution in [0.5, 0.6) is 0 Å². The van der Waals surface area contributed by atoms with Gasteiger partial charge in [0.05, 0.1) is 0 Å². The second-order valence-electron chi connectivity index (χ2n) is 6.20. The molecule has 0 aliphatic heterocycles. The Kier molecular flexibility index (Phi) is 4.48. The van der Waals surface area contributed by atoms with Gasteiger partial charge < -0.3 is 10.3 Å². The summed E-state index contributed by atoms with van der Waals surface area (Å²) in [6.45, 7) is 0.521. The lowest BCUT2D eigenvalue weighted by Crippen LogP contribution is -2.28. The van der Waals surface area contributed by atoms with E-state index in [0.29, 0.717) is 12.1 Å². The zero-order valence-electron chi connectivity index (χ0n) is 14.2. The highest BCUT2D eigenvalue weighted by molar-refractivity contribution is 5.94. The topological polar surface area (TPSA) is 57.8 Å². The number of fused-ring (bicyclic) bond motifs is 1. The summed E-state index contributed by atoms with van der Waals surface area (Å²) in [5, 5.41) is 4.25. The fourth-order valence-corrected chi connectivity index (χ4v) is 3.28. The highest BCUT2D eigenvalue weighted by Crippen LogP contribution is 2.30. The van der Waals surface area contributed by atoms with E-state index in [0.717, 1.165) is 5.52 Å². The molecule has 0 aliphatic carbocycles. The summed E-state index contributed by atoms with van der Waals surface area (Å²) < 4.78 is 0. The van der Waals surface area contributed by atoms with E-state index >= 15 is 0 Å². The maximum absolute atomic E-state index is 12.5. The van der Waals surface area contributed by atoms with E-state index in [1.54, 1.807) is 24.5 Å². The second kappa shape index (κ2) is 7.23. The standard InChI is InChI=1S/C22H19N3O/c26-22(17-10-12-23-13-11-17)25-14-19(16-6-2-1-3-7-16)20-15-24-21-9-5-4-8-18(20)21/h1-13,15,19,24H,14H2,(H,25,26)/t19-/m1/s1. The monoisotopic (exact) mass is 341 g/mol. The average molecular weight is 341 g/mol. The molecule has 0 saturated carbocycles. The summed E-state index contributed by atoms with van der Waals surface area (Å²) in [5.41, 5.74) is 4.07. The molecule has 0 spiro atoms. The van der Waals surface area contributed by atoms with Gasteiger partial charge in [-0.15, -0.1) is 0 Å². The van der Waals surface area contributed by atoms with Gasteiger partial charge in [-0.2, -0.15) is 0 Å². The molecular formula is C22H19N3O. The number of hydrogen-bond acceptors (Lipinski definition) is 2. The fraction of sp³-hybridized carbons (Fsp3) is 0.0909. The number of amides is 1. The van der Waals surface area contributed by atoms with Gasteiger partial charge in [0.1, 0.15) is 0 Å². The molecule has 0 radical (unpaired) electrons. The molecule has 26 heavy (non-hydrogen) atoms. The number of para-hydroxylation sites is 1. The molecule has 0 saturated heterocycles. The number of aromatic amines is 1. The number of hydrogen-bond donors (Lipinski definition) is 2. The molecule has 0 bridgehead atoms. The zero-order chi connectivity index (χ0) is 17.8. The van der Waals surface area contributed by atoms with Crippen LogP contribution in [0.1, 0.15) is 27.4 Å². The minimum Gasteiger partial charge on any atom is -0.361 e. The number of benzene rings is 2. The third kappa shape index (κ3) is 3.22. The van der Waals surface area contributed by atoms with Gasteiger partial charge in [-0.3, -0.25) is 9.78 Å². The molecule has 0 fully saturated rings. The van der Waals surface area contributed by atoms with Crippen molar-refractivity contribution in [3.63, 3.8) is 0 Å². The van der Waals surface area contributed by atoms with Crippen molar-refractivity contribution in [3.8, 4) is 0 Å². The number of carbonyl (C=O) groups excluding carboxylic acids is 1. The van der Waals surface area contributed by atoms with Gasteiger partial charge in [0.2, 0.25) is 0 Å². The molecule has 0 unspecified atom stereocenters. The predicted molar refractivity (Wildman–Crippen MR) is 103 cm³/mol. The van der Waals surface area contributed by atoms with Gasteiger partial charge >= 0.3 is 0 Å². The Hall–Kier alpha value is -3.40. The Morgan fingerprint density at radius 2 is 1.69 bits per heavy atom. The summed E-state index contributed by atoms with van der Waals surface area (Å²) in [5.74, 6) is -0.0219. The molecule has 1 atom stereocenters. The van der Waals surface area contributed by atoms with Gasteiger partial charge in [-0.05, 0) is 29.3 Å². The van der Waals surface area contributed by atoms with E-state index in [4.69, 9.17) is 0 Å². The fourth-order valence-electron chi connectivity index (χ4n) is 3.28. The minimum absolute atomic E-state index is 0.0677. The quantitative estimate of drug-likeness (QED) is 0.573. The van der Waals surface area contributed by atoms with Crippen LogP contribution in [0.4, 0.5) is 0 Å². The van der Waals surface area contributed by atoms with Gasteiger partial charge in [-0.1, -0.05) is 48.5 Å². The van der Waals surface area contributed by atoms with Crippen LogP contribution in [0.25, 0.3) is 10.9 Å². The van der Waals surface area contributed by atoms with Crippen molar-refractivity contribution in [1.29, 1.82) is 0 Å². The third-order valence-electron chi connectivity index (χ3n) is 4.61. The molecule has 4 nitrogen and oxygen atoms in total. The first kappa shape index (κ1) is 16.1. The van der Waals surface area contributed by atoms with Crippen molar-refractivity contribution in [2.45, 2.75) is 5.92 Å². The number of nitrogens with one attached hydrogen (secondary N) is 2. The molecule has 2 N–H and O–H groups in total. The second-order valence-corrected chi connectivity index (χ2v) is 6.20. The smallest absolute Gasteiger partial charge is 0.251 e. The van der Waals surface area contributed by atoms with Crippen molar-refractivity contribution in [2.24, 2.45) is 0 Å². The van der Waals surface area contributed by atoms with E-state index in [1.807, 2.05) is 36.5 Å². The Balaban J connectivity index is 1.65. The van der Waals surface area contributed by atoms with Crippen LogP contribution in [0.2, 0.25) is 0 Å². The molecule has 128 valence electrons. The lowest BCUT2D eigenvalue weighted by atomic mass is 9.91. The Bertz CT molecular complexity index is 1010. The number of aromatic nitrogens is 2. The van der Waals surface area contributed by atoms with Crippen LogP contribution in [-0.2, 0) is 0 Å². The Labute approximate surface area is 151 Å². The highest BCUT2D eigenvalue weighted by Gasteiger charge is 2.19. The highest BCUT2D eigenvalue weighted by atomic mass is 16.1. The van der Waals surface area contributed by atoms with Crippen LogP contribution in [-0.4, -0.2) is 22.4 Å². The van der Waals surface area contributed by atoms with E-state index in [2.05, 4.69) is 39.6 Å². The summed E-state index contributed by atoms with van der Waals surface area (Å²) in [4.78, 5) is 19.8. The molecular weight excluding hydrogens is 322 g/mol. The van der Waals surface area contributed by atoms with E-state index in [9.17, 15) is 4.79 Å². The van der Waals surface area contributed by atoms with Gasteiger partial charge in [0, 0.05) is 47.5 Å². The van der Waals surface area contributed by atoms with Crippen molar-refractivity contribution in [2.75, 3.05) is 6.54 Å². The van der Waals surface area contributed by atoms with Crippen LogP contribution in [0, 0.1) is 0 Å². The van der Waals surface area contributed by atoms with Crippen molar-refractivity contribution < 1.29 is 4.79 Å². The van der Waals surface area contributed by atoms with Gasteiger partial charge in [0.15, 0.2) is 0 Å². The van der Waals surface area contributed by atoms with Crippen LogP contribution in [0.15, 0.2) is 85.3 Å². The number of pyridine rings is 1.